The second-order valence-corrected chi connectivity index (χ2v) is 4.90. The third kappa shape index (κ3) is 3.42. The van der Waals surface area contributed by atoms with E-state index in [-0.39, 0.29) is 10.0 Å². The smallest absolute Gasteiger partial charge is 0.140 e. The number of rotatable bonds is 1. The molecule has 2 aromatic rings. The van der Waals surface area contributed by atoms with Crippen molar-refractivity contribution in [2.45, 2.75) is 13.3 Å². The Morgan fingerprint density at radius 1 is 1.00 bits per heavy atom. The summed E-state index contributed by atoms with van der Waals surface area (Å²) in [6.07, 6.45) is 0.959. The fraction of sp³-hybridized carbons (Fsp3) is 0.125. The van der Waals surface area contributed by atoms with Crippen molar-refractivity contribution in [3.05, 3.63) is 69.2 Å². The highest BCUT2D eigenvalue weighted by Crippen LogP contribution is 2.19. The van der Waals surface area contributed by atoms with Gasteiger partial charge in [0.1, 0.15) is 11.6 Å². The molecule has 0 N–H and O–H groups in total. The minimum atomic E-state index is -0.536. The van der Waals surface area contributed by atoms with Gasteiger partial charge < -0.3 is 0 Å². The maximum absolute atomic E-state index is 13.6. The molecule has 0 spiro atoms. The summed E-state index contributed by atoms with van der Waals surface area (Å²) in [4.78, 5) is 0. The van der Waals surface area contributed by atoms with Gasteiger partial charge in [0.05, 0.1) is 10.0 Å². The average Bonchev–Trinajstić information content (AvgIpc) is 2.42. The number of aryl methyl sites for hydroxylation is 1. The Hall–Kier alpha value is -1.66. The lowest BCUT2D eigenvalue weighted by molar-refractivity contribution is 0.592. The molecule has 0 heterocycles. The molecule has 2 rings (SSSR count). The predicted octanol–water partition coefficient (Wildman–Crippen LogP) is 4.69. The van der Waals surface area contributed by atoms with Gasteiger partial charge in [0.2, 0.25) is 0 Å². The molecule has 0 nitrogen and oxygen atoms in total. The molecular formula is C16H11BrF2. The van der Waals surface area contributed by atoms with E-state index >= 15 is 0 Å². The Bertz CT molecular complexity index is 649. The first-order valence-electron chi connectivity index (χ1n) is 5.85. The highest BCUT2D eigenvalue weighted by molar-refractivity contribution is 9.10. The van der Waals surface area contributed by atoms with Crippen molar-refractivity contribution in [1.82, 2.24) is 0 Å². The molecule has 0 fully saturated rings. The summed E-state index contributed by atoms with van der Waals surface area (Å²) < 4.78 is 27.0. The third-order valence-electron chi connectivity index (χ3n) is 2.71. The minimum Gasteiger partial charge on any atom is -0.206 e. The Labute approximate surface area is 119 Å². The van der Waals surface area contributed by atoms with Crippen LogP contribution < -0.4 is 0 Å². The van der Waals surface area contributed by atoms with E-state index in [9.17, 15) is 8.78 Å². The Balaban J connectivity index is 2.30. The molecule has 0 aromatic heterocycles. The molecule has 0 aliphatic heterocycles. The largest absolute Gasteiger partial charge is 0.206 e. The fourth-order valence-corrected chi connectivity index (χ4v) is 1.90. The van der Waals surface area contributed by atoms with E-state index in [1.165, 1.54) is 5.56 Å². The second kappa shape index (κ2) is 5.99. The van der Waals surface area contributed by atoms with Crippen LogP contribution in [0.3, 0.4) is 0 Å². The zero-order valence-corrected chi connectivity index (χ0v) is 11.9. The minimum absolute atomic E-state index is 0.0558. The molecule has 0 unspecified atom stereocenters. The maximum atomic E-state index is 13.6. The van der Waals surface area contributed by atoms with E-state index in [2.05, 4.69) is 34.7 Å². The van der Waals surface area contributed by atoms with Gasteiger partial charge in [-0.15, -0.1) is 0 Å². The molecule has 0 aliphatic carbocycles. The molecule has 3 heteroatoms. The standard InChI is InChI=1S/C16H11BrF2/c1-2-11-3-5-12(6-4-11)7-8-13-9-16(19)14(17)10-15(13)18/h3-6,9-10H,2H2,1H3. The van der Waals surface area contributed by atoms with Crippen LogP contribution in [0.15, 0.2) is 40.9 Å². The molecule has 0 atom stereocenters. The Kier molecular flexibility index (Phi) is 4.34. The molecule has 0 saturated carbocycles. The van der Waals surface area contributed by atoms with E-state index in [0.29, 0.717) is 0 Å². The van der Waals surface area contributed by atoms with Crippen LogP contribution in [0.1, 0.15) is 23.6 Å². The van der Waals surface area contributed by atoms with Crippen LogP contribution in [-0.4, -0.2) is 0 Å². The lowest BCUT2D eigenvalue weighted by Crippen LogP contribution is -1.88. The predicted molar refractivity (Wildman–Crippen MR) is 75.9 cm³/mol. The van der Waals surface area contributed by atoms with Crippen molar-refractivity contribution in [3.63, 3.8) is 0 Å². The van der Waals surface area contributed by atoms with Gasteiger partial charge in [-0.1, -0.05) is 30.9 Å². The van der Waals surface area contributed by atoms with Crippen LogP contribution >= 0.6 is 15.9 Å². The Morgan fingerprint density at radius 2 is 1.68 bits per heavy atom. The van der Waals surface area contributed by atoms with Crippen LogP contribution in [0.25, 0.3) is 0 Å². The van der Waals surface area contributed by atoms with Crippen LogP contribution in [-0.2, 0) is 6.42 Å². The maximum Gasteiger partial charge on any atom is 0.140 e. The SMILES string of the molecule is CCc1ccc(C#Cc2cc(F)c(Br)cc2F)cc1. The summed E-state index contributed by atoms with van der Waals surface area (Å²) in [5.74, 6) is 4.42. The Morgan fingerprint density at radius 3 is 2.32 bits per heavy atom. The summed E-state index contributed by atoms with van der Waals surface area (Å²) in [7, 11) is 0. The van der Waals surface area contributed by atoms with Crippen molar-refractivity contribution < 1.29 is 8.78 Å². The molecule has 2 aromatic carbocycles. The molecule has 0 amide bonds. The van der Waals surface area contributed by atoms with E-state index in [1.54, 1.807) is 0 Å². The monoisotopic (exact) mass is 320 g/mol. The molecular weight excluding hydrogens is 310 g/mol. The summed E-state index contributed by atoms with van der Waals surface area (Å²) in [5, 5.41) is 0. The van der Waals surface area contributed by atoms with Gasteiger partial charge in [0.15, 0.2) is 0 Å². The first-order valence-corrected chi connectivity index (χ1v) is 6.65. The van der Waals surface area contributed by atoms with Crippen molar-refractivity contribution in [2.24, 2.45) is 0 Å². The van der Waals surface area contributed by atoms with E-state index in [0.717, 1.165) is 24.1 Å². The van der Waals surface area contributed by atoms with Crippen molar-refractivity contribution >= 4 is 15.9 Å². The molecule has 96 valence electrons. The number of hydrogen-bond donors (Lipinski definition) is 0. The summed E-state index contributed by atoms with van der Waals surface area (Å²) in [6.45, 7) is 2.07. The van der Waals surface area contributed by atoms with E-state index in [4.69, 9.17) is 0 Å². The first kappa shape index (κ1) is 13.8. The van der Waals surface area contributed by atoms with Crippen molar-refractivity contribution in [1.29, 1.82) is 0 Å². The van der Waals surface area contributed by atoms with Gasteiger partial charge in [-0.05, 0) is 52.2 Å². The van der Waals surface area contributed by atoms with Gasteiger partial charge >= 0.3 is 0 Å². The van der Waals surface area contributed by atoms with Crippen molar-refractivity contribution in [3.8, 4) is 11.8 Å². The van der Waals surface area contributed by atoms with Crippen LogP contribution in [0.5, 0.6) is 0 Å². The van der Waals surface area contributed by atoms with Crippen molar-refractivity contribution in [2.75, 3.05) is 0 Å². The van der Waals surface area contributed by atoms with Crippen LogP contribution in [0.4, 0.5) is 8.78 Å². The van der Waals surface area contributed by atoms with Gasteiger partial charge in [0.25, 0.3) is 0 Å². The summed E-state index contributed by atoms with van der Waals surface area (Å²) in [6, 6.07) is 9.87. The third-order valence-corrected chi connectivity index (χ3v) is 3.32. The quantitative estimate of drug-likeness (QED) is 0.528. The number of benzene rings is 2. The topological polar surface area (TPSA) is 0 Å². The van der Waals surface area contributed by atoms with Gasteiger partial charge in [-0.2, -0.15) is 0 Å². The molecule has 0 bridgehead atoms. The molecule has 0 saturated heterocycles. The molecule has 0 aliphatic rings. The van der Waals surface area contributed by atoms with Gasteiger partial charge in [0, 0.05) is 5.56 Å². The van der Waals surface area contributed by atoms with Gasteiger partial charge in [-0.3, -0.25) is 0 Å². The highest BCUT2D eigenvalue weighted by atomic mass is 79.9. The molecule has 19 heavy (non-hydrogen) atoms. The van der Waals surface area contributed by atoms with Crippen LogP contribution in [0, 0.1) is 23.5 Å². The first-order chi connectivity index (χ1) is 9.10. The normalized spacial score (nSPS) is 9.89. The average molecular weight is 321 g/mol. The lowest BCUT2D eigenvalue weighted by Gasteiger charge is -1.98. The zero-order chi connectivity index (χ0) is 13.8. The van der Waals surface area contributed by atoms with E-state index < -0.39 is 11.6 Å². The van der Waals surface area contributed by atoms with Gasteiger partial charge in [-0.25, -0.2) is 8.78 Å². The summed E-state index contributed by atoms with van der Waals surface area (Å²) >= 11 is 2.93. The second-order valence-electron chi connectivity index (χ2n) is 4.05. The van der Waals surface area contributed by atoms with Crippen LogP contribution in [0.2, 0.25) is 0 Å². The fourth-order valence-electron chi connectivity index (χ4n) is 1.58. The number of halogens is 3. The highest BCUT2D eigenvalue weighted by Gasteiger charge is 2.05. The number of hydrogen-bond acceptors (Lipinski definition) is 0. The lowest BCUT2D eigenvalue weighted by atomic mass is 10.1. The molecule has 0 radical (unpaired) electrons. The van der Waals surface area contributed by atoms with E-state index in [1.807, 2.05) is 24.3 Å². The summed E-state index contributed by atoms with van der Waals surface area (Å²) in [5.41, 5.74) is 2.05. The zero-order valence-electron chi connectivity index (χ0n) is 10.3.